The first kappa shape index (κ1) is 17.4. The molecule has 0 aliphatic heterocycles. The Morgan fingerprint density at radius 2 is 1.83 bits per heavy atom. The van der Waals surface area contributed by atoms with Gasteiger partial charge in [-0.15, -0.1) is 0 Å². The molecule has 0 aliphatic carbocycles. The third-order valence-corrected chi connectivity index (χ3v) is 3.13. The summed E-state index contributed by atoms with van der Waals surface area (Å²) in [6.45, 7) is 1.01. The lowest BCUT2D eigenvalue weighted by Gasteiger charge is -2.12. The maximum Gasteiger partial charge on any atom is 0.262 e. The van der Waals surface area contributed by atoms with Gasteiger partial charge < -0.3 is 14.8 Å². The van der Waals surface area contributed by atoms with Gasteiger partial charge in [-0.2, -0.15) is 0 Å². The normalized spacial score (nSPS) is 10.2. The highest BCUT2D eigenvalue weighted by Gasteiger charge is 2.12. The topological polar surface area (TPSA) is 64.6 Å². The third kappa shape index (κ3) is 4.28. The summed E-state index contributed by atoms with van der Waals surface area (Å²) in [5, 5.41) is 2.27. The highest BCUT2D eigenvalue weighted by Crippen LogP contribution is 2.28. The Balaban J connectivity index is 2.02. The van der Waals surface area contributed by atoms with Gasteiger partial charge >= 0.3 is 0 Å². The van der Waals surface area contributed by atoms with E-state index in [4.69, 9.17) is 9.47 Å². The van der Waals surface area contributed by atoms with Crippen molar-refractivity contribution in [3.05, 3.63) is 53.6 Å². The minimum atomic E-state index is -0.883. The monoisotopic (exact) mass is 335 g/mol. The molecule has 0 saturated heterocycles. The molecule has 1 N–H and O–H groups in total. The molecule has 24 heavy (non-hydrogen) atoms. The molecule has 0 atom stereocenters. The van der Waals surface area contributed by atoms with Crippen LogP contribution in [-0.2, 0) is 4.79 Å². The van der Waals surface area contributed by atoms with Gasteiger partial charge in [0.2, 0.25) is 0 Å². The number of Topliss-reactive ketones (excluding diaryl/α,β-unsaturated/α-hetero) is 1. The first-order valence-electron chi connectivity index (χ1n) is 6.97. The quantitative estimate of drug-likeness (QED) is 0.824. The van der Waals surface area contributed by atoms with E-state index < -0.39 is 24.1 Å². The van der Waals surface area contributed by atoms with Crippen LogP contribution in [0, 0.1) is 11.6 Å². The number of benzene rings is 2. The molecule has 0 unspecified atom stereocenters. The van der Waals surface area contributed by atoms with Crippen LogP contribution < -0.4 is 14.8 Å². The molecule has 0 spiro atoms. The summed E-state index contributed by atoms with van der Waals surface area (Å²) >= 11 is 0. The Labute approximate surface area is 137 Å². The summed E-state index contributed by atoms with van der Waals surface area (Å²) in [5.41, 5.74) is 0.293. The number of halogens is 2. The fourth-order valence-electron chi connectivity index (χ4n) is 1.93. The average molecular weight is 335 g/mol. The minimum absolute atomic E-state index is 0.135. The van der Waals surface area contributed by atoms with Crippen molar-refractivity contribution < 1.29 is 27.8 Å². The molecule has 0 aliphatic rings. The Morgan fingerprint density at radius 1 is 1.08 bits per heavy atom. The van der Waals surface area contributed by atoms with Gasteiger partial charge in [0.05, 0.1) is 12.8 Å². The Hall–Kier alpha value is -2.96. The minimum Gasteiger partial charge on any atom is -0.493 e. The summed E-state index contributed by atoms with van der Waals surface area (Å²) in [4.78, 5) is 23.1. The third-order valence-electron chi connectivity index (χ3n) is 3.13. The number of anilines is 1. The van der Waals surface area contributed by atoms with Crippen molar-refractivity contribution in [1.82, 2.24) is 0 Å². The second-order valence-electron chi connectivity index (χ2n) is 4.88. The number of hydrogen-bond acceptors (Lipinski definition) is 4. The van der Waals surface area contributed by atoms with E-state index in [-0.39, 0.29) is 17.2 Å². The van der Waals surface area contributed by atoms with Crippen molar-refractivity contribution in [2.24, 2.45) is 0 Å². The first-order valence-corrected chi connectivity index (χ1v) is 6.97. The van der Waals surface area contributed by atoms with Gasteiger partial charge in [0.1, 0.15) is 11.6 Å². The zero-order valence-corrected chi connectivity index (χ0v) is 13.1. The summed E-state index contributed by atoms with van der Waals surface area (Å²) in [6.07, 6.45) is 0. The van der Waals surface area contributed by atoms with Crippen molar-refractivity contribution >= 4 is 17.4 Å². The predicted octanol–water partition coefficient (Wildman–Crippen LogP) is 3.19. The lowest BCUT2D eigenvalue weighted by molar-refractivity contribution is -0.118. The molecule has 5 nitrogen and oxygen atoms in total. The van der Waals surface area contributed by atoms with E-state index >= 15 is 0 Å². The molecular weight excluding hydrogens is 320 g/mol. The molecule has 126 valence electrons. The molecule has 0 fully saturated rings. The Kier molecular flexibility index (Phi) is 5.47. The number of rotatable bonds is 6. The van der Waals surface area contributed by atoms with Crippen LogP contribution in [0.4, 0.5) is 14.5 Å². The lowest BCUT2D eigenvalue weighted by Crippen LogP contribution is -2.21. The SMILES string of the molecule is COc1cc(C(C)=O)ccc1OCC(=O)Nc1ccc(F)cc1F. The van der Waals surface area contributed by atoms with E-state index in [2.05, 4.69) is 5.32 Å². The molecule has 2 aromatic carbocycles. The van der Waals surface area contributed by atoms with Crippen molar-refractivity contribution in [3.8, 4) is 11.5 Å². The number of carbonyl (C=O) groups excluding carboxylic acids is 2. The summed E-state index contributed by atoms with van der Waals surface area (Å²) in [6, 6.07) is 7.35. The molecule has 2 aromatic rings. The molecule has 0 saturated carbocycles. The second kappa shape index (κ2) is 7.54. The zero-order chi connectivity index (χ0) is 17.7. The summed E-state index contributed by atoms with van der Waals surface area (Å²) in [5.74, 6) is -1.83. The van der Waals surface area contributed by atoms with E-state index in [0.717, 1.165) is 12.1 Å². The second-order valence-corrected chi connectivity index (χ2v) is 4.88. The number of methoxy groups -OCH3 is 1. The van der Waals surface area contributed by atoms with Crippen molar-refractivity contribution in [3.63, 3.8) is 0 Å². The van der Waals surface area contributed by atoms with Gasteiger partial charge in [0.25, 0.3) is 5.91 Å². The van der Waals surface area contributed by atoms with Crippen molar-refractivity contribution in [1.29, 1.82) is 0 Å². The molecule has 0 heterocycles. The number of amides is 1. The van der Waals surface area contributed by atoms with Gasteiger partial charge in [0.15, 0.2) is 23.9 Å². The smallest absolute Gasteiger partial charge is 0.262 e. The fourth-order valence-corrected chi connectivity index (χ4v) is 1.93. The van der Waals surface area contributed by atoms with Gasteiger partial charge in [-0.1, -0.05) is 0 Å². The molecule has 1 amide bonds. The molecule has 0 aromatic heterocycles. The van der Waals surface area contributed by atoms with Gasteiger partial charge in [-0.25, -0.2) is 8.78 Å². The van der Waals surface area contributed by atoms with Crippen LogP contribution in [0.15, 0.2) is 36.4 Å². The summed E-state index contributed by atoms with van der Waals surface area (Å²) in [7, 11) is 1.40. The fraction of sp³-hybridized carbons (Fsp3) is 0.176. The maximum absolute atomic E-state index is 13.5. The lowest BCUT2D eigenvalue weighted by atomic mass is 10.1. The average Bonchev–Trinajstić information content (AvgIpc) is 2.55. The standard InChI is InChI=1S/C17H15F2NO4/c1-10(21)11-3-6-15(16(7-11)23-2)24-9-17(22)20-14-5-4-12(18)8-13(14)19/h3-8H,9H2,1-2H3,(H,20,22). The van der Waals surface area contributed by atoms with Crippen LogP contribution in [0.1, 0.15) is 17.3 Å². The number of nitrogens with one attached hydrogen (secondary N) is 1. The van der Waals surface area contributed by atoms with E-state index in [1.165, 1.54) is 32.2 Å². The van der Waals surface area contributed by atoms with Gasteiger partial charge in [0, 0.05) is 11.6 Å². The van der Waals surface area contributed by atoms with E-state index in [1.54, 1.807) is 0 Å². The van der Waals surface area contributed by atoms with Gasteiger partial charge in [-0.05, 0) is 37.3 Å². The van der Waals surface area contributed by atoms with Crippen LogP contribution in [0.5, 0.6) is 11.5 Å². The Morgan fingerprint density at radius 3 is 2.46 bits per heavy atom. The number of hydrogen-bond donors (Lipinski definition) is 1. The van der Waals surface area contributed by atoms with Crippen LogP contribution in [0.3, 0.4) is 0 Å². The molecule has 7 heteroatoms. The molecule has 0 bridgehead atoms. The van der Waals surface area contributed by atoms with E-state index in [1.807, 2.05) is 0 Å². The Bertz CT molecular complexity index is 777. The molecule has 2 rings (SSSR count). The molecular formula is C17H15F2NO4. The number of ether oxygens (including phenoxy) is 2. The molecule has 0 radical (unpaired) electrons. The highest BCUT2D eigenvalue weighted by molar-refractivity contribution is 5.95. The number of carbonyl (C=O) groups is 2. The number of ketones is 1. The van der Waals surface area contributed by atoms with Gasteiger partial charge in [-0.3, -0.25) is 9.59 Å². The highest BCUT2D eigenvalue weighted by atomic mass is 19.1. The van der Waals surface area contributed by atoms with Crippen LogP contribution in [-0.4, -0.2) is 25.4 Å². The zero-order valence-electron chi connectivity index (χ0n) is 13.1. The van der Waals surface area contributed by atoms with E-state index in [9.17, 15) is 18.4 Å². The maximum atomic E-state index is 13.5. The van der Waals surface area contributed by atoms with Crippen LogP contribution in [0.25, 0.3) is 0 Å². The van der Waals surface area contributed by atoms with E-state index in [0.29, 0.717) is 17.4 Å². The largest absolute Gasteiger partial charge is 0.493 e. The van der Waals surface area contributed by atoms with Crippen LogP contribution in [0.2, 0.25) is 0 Å². The van der Waals surface area contributed by atoms with Crippen molar-refractivity contribution in [2.45, 2.75) is 6.92 Å². The van der Waals surface area contributed by atoms with Crippen molar-refractivity contribution in [2.75, 3.05) is 19.0 Å². The first-order chi connectivity index (χ1) is 11.4. The predicted molar refractivity (Wildman–Crippen MR) is 83.5 cm³/mol. The van der Waals surface area contributed by atoms with Crippen LogP contribution >= 0.6 is 0 Å². The summed E-state index contributed by atoms with van der Waals surface area (Å²) < 4.78 is 36.7.